The van der Waals surface area contributed by atoms with Crippen LogP contribution in [-0.2, 0) is 7.05 Å². The molecule has 200 valence electrons. The van der Waals surface area contributed by atoms with Crippen molar-refractivity contribution in [2.24, 2.45) is 7.05 Å². The van der Waals surface area contributed by atoms with Gasteiger partial charge >= 0.3 is 0 Å². The molecule has 0 spiro atoms. The van der Waals surface area contributed by atoms with E-state index in [9.17, 15) is 4.39 Å². The average molecular weight is 526 g/mol. The predicted octanol–water partition coefficient (Wildman–Crippen LogP) is 3.46. The lowest BCUT2D eigenvalue weighted by Crippen LogP contribution is -2.22. The smallest absolute Gasteiger partial charge is 0.178 e. The third kappa shape index (κ3) is 5.23. The molecule has 0 bridgehead atoms. The second kappa shape index (κ2) is 10.7. The van der Waals surface area contributed by atoms with E-state index in [0.717, 1.165) is 40.0 Å². The first-order valence-electron chi connectivity index (χ1n) is 12.7. The zero-order valence-corrected chi connectivity index (χ0v) is 22.8. The van der Waals surface area contributed by atoms with Crippen LogP contribution in [0.25, 0.3) is 52.0 Å². The Bertz CT molecular complexity index is 1790. The van der Waals surface area contributed by atoms with E-state index in [-0.39, 0.29) is 5.82 Å². The van der Waals surface area contributed by atoms with Crippen LogP contribution in [0.2, 0.25) is 0 Å². The largest absolute Gasteiger partial charge is 0.384 e. The zero-order chi connectivity index (χ0) is 27.7. The fourth-order valence-electron chi connectivity index (χ4n) is 4.49. The Morgan fingerprint density at radius 1 is 1.23 bits per heavy atom. The number of aromatic amines is 2. The molecule has 4 heterocycles. The van der Waals surface area contributed by atoms with Crippen LogP contribution >= 0.6 is 0 Å². The minimum atomic E-state index is -0.320. The van der Waals surface area contributed by atoms with Gasteiger partial charge < -0.3 is 19.8 Å². The summed E-state index contributed by atoms with van der Waals surface area (Å²) in [5, 5.41) is 12.3. The molecule has 1 aromatic carbocycles. The van der Waals surface area contributed by atoms with E-state index in [0.29, 0.717) is 40.3 Å². The van der Waals surface area contributed by atoms with Crippen LogP contribution in [0.4, 0.5) is 10.1 Å². The number of benzene rings is 1. The second-order valence-electron chi connectivity index (χ2n) is 9.70. The van der Waals surface area contributed by atoms with Gasteiger partial charge in [-0.25, -0.2) is 19.3 Å². The number of likely N-dealkylation sites (N-methyl/N-ethyl adjacent to an activating group) is 1. The van der Waals surface area contributed by atoms with Gasteiger partial charge in [0.25, 0.3) is 0 Å². The topological polar surface area (TPSA) is 103 Å². The summed E-state index contributed by atoms with van der Waals surface area (Å²) in [6.07, 6.45) is 7.58. The summed E-state index contributed by atoms with van der Waals surface area (Å²) in [7, 11) is 5.99. The first-order valence-corrected chi connectivity index (χ1v) is 12.7. The lowest BCUT2D eigenvalue weighted by Gasteiger charge is -2.13. The van der Waals surface area contributed by atoms with Crippen LogP contribution in [-0.4, -0.2) is 66.8 Å². The van der Waals surface area contributed by atoms with E-state index in [4.69, 9.17) is 4.98 Å². The maximum Gasteiger partial charge on any atom is 0.178 e. The highest BCUT2D eigenvalue weighted by Crippen LogP contribution is 2.30. The third-order valence-corrected chi connectivity index (χ3v) is 6.72. The van der Waals surface area contributed by atoms with Gasteiger partial charge in [-0.05, 0) is 69.4 Å². The first-order chi connectivity index (χ1) is 18.7. The van der Waals surface area contributed by atoms with Crippen molar-refractivity contribution >= 4 is 35.1 Å². The fourth-order valence-corrected chi connectivity index (χ4v) is 4.49. The van der Waals surface area contributed by atoms with Crippen molar-refractivity contribution in [1.29, 1.82) is 0 Å². The molecule has 5 rings (SSSR count). The van der Waals surface area contributed by atoms with Crippen LogP contribution < -0.4 is 15.9 Å². The molecule has 5 aromatic rings. The van der Waals surface area contributed by atoms with E-state index < -0.39 is 0 Å². The van der Waals surface area contributed by atoms with Gasteiger partial charge in [-0.15, -0.1) is 0 Å². The molecule has 0 amide bonds. The lowest BCUT2D eigenvalue weighted by molar-refractivity contribution is 0.425. The van der Waals surface area contributed by atoms with Gasteiger partial charge in [0.2, 0.25) is 0 Å². The molecule has 4 aromatic heterocycles. The highest BCUT2D eigenvalue weighted by molar-refractivity contribution is 5.92. The zero-order valence-electron chi connectivity index (χ0n) is 22.8. The number of hydrogen-bond donors (Lipinski definition) is 3. The minimum absolute atomic E-state index is 0.320. The van der Waals surface area contributed by atoms with E-state index in [1.54, 1.807) is 6.20 Å². The standard InChI is InChI=1S/C29H32FN9/c1-7-19(25-16-33-18(3)39(25)6)14-24-17(2)36-37-27(24)29-34-26-23(8-9-32-28(26)35-29)20-12-21(30)15-22(13-20)31-10-11-38(4)5/h7-9,12-16,31,36H,2,10-11H2,1,3-6H3,(H,32,34,35)/b19-7+,24-14+. The number of nitrogens with one attached hydrogen (secondary N) is 3. The van der Waals surface area contributed by atoms with Crippen LogP contribution in [0.1, 0.15) is 18.4 Å². The molecule has 0 radical (unpaired) electrons. The number of fused-ring (bicyclic) bond motifs is 1. The summed E-state index contributed by atoms with van der Waals surface area (Å²) < 4.78 is 16.7. The third-order valence-electron chi connectivity index (χ3n) is 6.72. The van der Waals surface area contributed by atoms with Gasteiger partial charge in [0.15, 0.2) is 11.5 Å². The number of allylic oxidation sites excluding steroid dienone is 2. The van der Waals surface area contributed by atoms with Crippen LogP contribution in [0.3, 0.4) is 0 Å². The van der Waals surface area contributed by atoms with Gasteiger partial charge in [0.1, 0.15) is 17.3 Å². The first kappa shape index (κ1) is 26.1. The van der Waals surface area contributed by atoms with Crippen molar-refractivity contribution in [2.75, 3.05) is 32.5 Å². The van der Waals surface area contributed by atoms with Crippen LogP contribution in [0.15, 0.2) is 42.7 Å². The second-order valence-corrected chi connectivity index (χ2v) is 9.70. The maximum absolute atomic E-state index is 14.6. The van der Waals surface area contributed by atoms with Gasteiger partial charge in [0, 0.05) is 42.8 Å². The van der Waals surface area contributed by atoms with Crippen molar-refractivity contribution < 1.29 is 4.39 Å². The van der Waals surface area contributed by atoms with E-state index in [1.807, 2.05) is 70.0 Å². The molecule has 0 saturated heterocycles. The van der Waals surface area contributed by atoms with Gasteiger partial charge in [-0.3, -0.25) is 5.10 Å². The van der Waals surface area contributed by atoms with Crippen molar-refractivity contribution in [2.45, 2.75) is 13.8 Å². The molecular weight excluding hydrogens is 493 g/mol. The SMILES string of the molecule is C=c1[nH]nc(-c2nc3nccc(-c4cc(F)cc(NCCN(C)C)c4)c3[nH]2)/c1=C/C(=C\C)c1cnc(C)n1C. The van der Waals surface area contributed by atoms with Gasteiger partial charge in [-0.1, -0.05) is 12.7 Å². The Kier molecular flexibility index (Phi) is 7.12. The Balaban J connectivity index is 1.57. The highest BCUT2D eigenvalue weighted by Gasteiger charge is 2.16. The Labute approximate surface area is 225 Å². The molecule has 0 saturated carbocycles. The normalized spacial score (nSPS) is 12.7. The maximum atomic E-state index is 14.6. The Hall–Kier alpha value is -4.57. The van der Waals surface area contributed by atoms with E-state index in [1.165, 1.54) is 12.1 Å². The molecule has 0 aliphatic heterocycles. The number of hydrogen-bond acceptors (Lipinski definition) is 6. The molecule has 0 fully saturated rings. The van der Waals surface area contributed by atoms with Crippen molar-refractivity contribution in [1.82, 2.24) is 39.6 Å². The average Bonchev–Trinajstić information content (AvgIpc) is 3.59. The number of nitrogens with zero attached hydrogens (tertiary/aromatic N) is 6. The summed E-state index contributed by atoms with van der Waals surface area (Å²) in [6.45, 7) is 9.63. The quantitative estimate of drug-likeness (QED) is 0.287. The summed E-state index contributed by atoms with van der Waals surface area (Å²) >= 11 is 0. The number of aryl methyl sites for hydroxylation is 1. The van der Waals surface area contributed by atoms with E-state index >= 15 is 0 Å². The molecule has 0 aliphatic rings. The van der Waals surface area contributed by atoms with Gasteiger partial charge in [-0.2, -0.15) is 5.10 Å². The molecule has 0 aliphatic carbocycles. The van der Waals surface area contributed by atoms with Crippen LogP contribution in [0.5, 0.6) is 0 Å². The Morgan fingerprint density at radius 2 is 2.05 bits per heavy atom. The predicted molar refractivity (Wildman–Crippen MR) is 155 cm³/mol. The van der Waals surface area contributed by atoms with E-state index in [2.05, 4.69) is 41.9 Å². The molecular formula is C29H32FN9. The number of rotatable bonds is 8. The summed E-state index contributed by atoms with van der Waals surface area (Å²) in [6, 6.07) is 6.81. The number of anilines is 1. The number of imidazole rings is 2. The molecule has 9 nitrogen and oxygen atoms in total. The van der Waals surface area contributed by atoms with Crippen molar-refractivity contribution in [3.63, 3.8) is 0 Å². The number of aromatic nitrogens is 7. The summed E-state index contributed by atoms with van der Waals surface area (Å²) in [4.78, 5) is 19.1. The summed E-state index contributed by atoms with van der Waals surface area (Å²) in [5.41, 5.74) is 6.03. The van der Waals surface area contributed by atoms with Crippen LogP contribution in [0, 0.1) is 12.7 Å². The van der Waals surface area contributed by atoms with Gasteiger partial charge in [0.05, 0.1) is 22.8 Å². The lowest BCUT2D eigenvalue weighted by atomic mass is 10.0. The molecule has 0 unspecified atom stereocenters. The molecule has 0 atom stereocenters. The number of H-pyrrole nitrogens is 2. The summed E-state index contributed by atoms with van der Waals surface area (Å²) in [5.74, 6) is 1.14. The highest BCUT2D eigenvalue weighted by atomic mass is 19.1. The molecule has 3 N–H and O–H groups in total. The number of halogens is 1. The van der Waals surface area contributed by atoms with Crippen molar-refractivity contribution in [3.8, 4) is 22.6 Å². The number of pyridine rings is 1. The molecule has 39 heavy (non-hydrogen) atoms. The Morgan fingerprint density at radius 3 is 2.77 bits per heavy atom. The minimum Gasteiger partial charge on any atom is -0.384 e. The molecule has 10 heteroatoms. The monoisotopic (exact) mass is 525 g/mol. The van der Waals surface area contributed by atoms with Crippen molar-refractivity contribution in [3.05, 3.63) is 70.6 Å². The fraction of sp³-hybridized carbons (Fsp3) is 0.241.